The summed E-state index contributed by atoms with van der Waals surface area (Å²) in [5, 5.41) is 4.52. The van der Waals surface area contributed by atoms with Crippen LogP contribution in [0.3, 0.4) is 0 Å². The van der Waals surface area contributed by atoms with Crippen LogP contribution in [0.4, 0.5) is 0 Å². The number of hydrogen-bond donors (Lipinski definition) is 0. The molecule has 0 bridgehead atoms. The SMILES string of the molecule is Cn1nc(C2CCCN(C(=O)c3ccc(S(=O)(=O)N4CCCCC4)cc3)C2)n(-c2ccccc2)c1=O. The highest BCUT2D eigenvalue weighted by Gasteiger charge is 2.31. The summed E-state index contributed by atoms with van der Waals surface area (Å²) < 4.78 is 30.4. The Labute approximate surface area is 211 Å². The van der Waals surface area contributed by atoms with Gasteiger partial charge in [0.25, 0.3) is 5.91 Å². The van der Waals surface area contributed by atoms with Gasteiger partial charge in [0.05, 0.1) is 10.6 Å². The molecule has 0 radical (unpaired) electrons. The Hall–Kier alpha value is -3.24. The lowest BCUT2D eigenvalue weighted by Crippen LogP contribution is -2.40. The van der Waals surface area contributed by atoms with Crippen LogP contribution in [0.5, 0.6) is 0 Å². The fourth-order valence-electron chi connectivity index (χ4n) is 5.15. The Balaban J connectivity index is 1.35. The normalized spacial score (nSPS) is 19.4. The van der Waals surface area contributed by atoms with E-state index in [9.17, 15) is 18.0 Å². The average Bonchev–Trinajstić information content (AvgIpc) is 3.23. The van der Waals surface area contributed by atoms with Gasteiger partial charge in [0.2, 0.25) is 10.0 Å². The minimum absolute atomic E-state index is 0.0874. The number of sulfonamides is 1. The topological polar surface area (TPSA) is 97.5 Å². The summed E-state index contributed by atoms with van der Waals surface area (Å²) in [6.07, 6.45) is 4.41. The molecule has 2 aromatic carbocycles. The third-order valence-corrected chi connectivity index (χ3v) is 9.00. The zero-order valence-electron chi connectivity index (χ0n) is 20.4. The van der Waals surface area contributed by atoms with Crippen LogP contribution in [0.1, 0.15) is 54.2 Å². The van der Waals surface area contributed by atoms with Gasteiger partial charge >= 0.3 is 5.69 Å². The number of para-hydroxylation sites is 1. The molecule has 0 N–H and O–H groups in total. The van der Waals surface area contributed by atoms with E-state index < -0.39 is 10.0 Å². The van der Waals surface area contributed by atoms with Crippen molar-refractivity contribution in [3.05, 3.63) is 76.5 Å². The smallest absolute Gasteiger partial charge is 0.338 e. The second kappa shape index (κ2) is 10.0. The maximum Gasteiger partial charge on any atom is 0.350 e. The first-order valence-corrected chi connectivity index (χ1v) is 13.9. The predicted molar refractivity (Wildman–Crippen MR) is 136 cm³/mol. The maximum absolute atomic E-state index is 13.3. The van der Waals surface area contributed by atoms with E-state index in [-0.39, 0.29) is 22.4 Å². The summed E-state index contributed by atoms with van der Waals surface area (Å²) in [5.41, 5.74) is 0.986. The number of carbonyl (C=O) groups is 1. The summed E-state index contributed by atoms with van der Waals surface area (Å²) in [6.45, 7) is 2.13. The van der Waals surface area contributed by atoms with Crippen molar-refractivity contribution in [2.75, 3.05) is 26.2 Å². The van der Waals surface area contributed by atoms with Crippen LogP contribution in [0.15, 0.2) is 64.3 Å². The van der Waals surface area contributed by atoms with Crippen molar-refractivity contribution < 1.29 is 13.2 Å². The highest BCUT2D eigenvalue weighted by molar-refractivity contribution is 7.89. The van der Waals surface area contributed by atoms with Crippen LogP contribution in [0.2, 0.25) is 0 Å². The second-order valence-electron chi connectivity index (χ2n) is 9.51. The fraction of sp³-hybridized carbons (Fsp3) is 0.423. The molecular weight excluding hydrogens is 478 g/mol. The highest BCUT2D eigenvalue weighted by Crippen LogP contribution is 2.28. The lowest BCUT2D eigenvalue weighted by Gasteiger charge is -2.32. The summed E-state index contributed by atoms with van der Waals surface area (Å²) in [4.78, 5) is 28.2. The molecular formula is C26H31N5O4S. The molecule has 9 nitrogen and oxygen atoms in total. The fourth-order valence-corrected chi connectivity index (χ4v) is 6.66. The molecule has 10 heteroatoms. The van der Waals surface area contributed by atoms with Crippen molar-refractivity contribution in [3.8, 4) is 5.69 Å². The molecule has 36 heavy (non-hydrogen) atoms. The number of nitrogens with zero attached hydrogens (tertiary/aromatic N) is 5. The highest BCUT2D eigenvalue weighted by atomic mass is 32.2. The molecule has 0 aliphatic carbocycles. The van der Waals surface area contributed by atoms with Crippen molar-refractivity contribution in [1.82, 2.24) is 23.6 Å². The molecule has 0 spiro atoms. The van der Waals surface area contributed by atoms with Crippen molar-refractivity contribution in [2.45, 2.75) is 42.9 Å². The summed E-state index contributed by atoms with van der Waals surface area (Å²) in [6, 6.07) is 15.7. The number of amides is 1. The van der Waals surface area contributed by atoms with Gasteiger partial charge in [-0.15, -0.1) is 0 Å². The average molecular weight is 510 g/mol. The van der Waals surface area contributed by atoms with Crippen LogP contribution >= 0.6 is 0 Å². The standard InChI is InChI=1S/C26H31N5O4S/c1-28-26(33)31(22-10-4-2-5-11-22)24(27-28)21-9-8-16-29(19-21)25(32)20-12-14-23(15-13-20)36(34,35)30-17-6-3-7-18-30/h2,4-5,10-15,21H,3,6-9,16-19H2,1H3. The number of hydrogen-bond acceptors (Lipinski definition) is 5. The monoisotopic (exact) mass is 509 g/mol. The Morgan fingerprint density at radius 2 is 1.61 bits per heavy atom. The molecule has 5 rings (SSSR count). The number of rotatable bonds is 5. The Kier molecular flexibility index (Phi) is 6.81. The zero-order chi connectivity index (χ0) is 25.3. The number of likely N-dealkylation sites (tertiary alicyclic amines) is 1. The van der Waals surface area contributed by atoms with Crippen LogP contribution in [-0.2, 0) is 17.1 Å². The lowest BCUT2D eigenvalue weighted by molar-refractivity contribution is 0.0703. The maximum atomic E-state index is 13.3. The zero-order valence-corrected chi connectivity index (χ0v) is 21.2. The van der Waals surface area contributed by atoms with Crippen LogP contribution in [-0.4, -0.2) is 64.1 Å². The third-order valence-electron chi connectivity index (χ3n) is 7.09. The third kappa shape index (κ3) is 4.62. The van der Waals surface area contributed by atoms with E-state index in [4.69, 9.17) is 0 Å². The Bertz CT molecular complexity index is 1390. The number of piperidine rings is 2. The van der Waals surface area contributed by atoms with Crippen LogP contribution < -0.4 is 5.69 Å². The number of carbonyl (C=O) groups excluding carboxylic acids is 1. The summed E-state index contributed by atoms with van der Waals surface area (Å²) in [7, 11) is -1.91. The molecule has 2 fully saturated rings. The quantitative estimate of drug-likeness (QED) is 0.527. The van der Waals surface area contributed by atoms with Crippen LogP contribution in [0, 0.1) is 0 Å². The van der Waals surface area contributed by atoms with Gasteiger partial charge in [-0.25, -0.2) is 22.5 Å². The first-order valence-electron chi connectivity index (χ1n) is 12.5. The molecule has 1 amide bonds. The molecule has 2 aliphatic heterocycles. The first kappa shape index (κ1) is 24.5. The van der Waals surface area contributed by atoms with Crippen molar-refractivity contribution >= 4 is 15.9 Å². The van der Waals surface area contributed by atoms with E-state index in [2.05, 4.69) is 5.10 Å². The van der Waals surface area contributed by atoms with Crippen molar-refractivity contribution in [1.29, 1.82) is 0 Å². The van der Waals surface area contributed by atoms with E-state index in [1.165, 1.54) is 21.1 Å². The molecule has 190 valence electrons. The van der Waals surface area contributed by atoms with Gasteiger partial charge in [0.1, 0.15) is 5.82 Å². The van der Waals surface area contributed by atoms with Gasteiger partial charge in [-0.1, -0.05) is 24.6 Å². The molecule has 0 saturated carbocycles. The van der Waals surface area contributed by atoms with E-state index in [0.29, 0.717) is 37.6 Å². The van der Waals surface area contributed by atoms with Crippen molar-refractivity contribution in [2.24, 2.45) is 7.05 Å². The van der Waals surface area contributed by atoms with Gasteiger partial charge in [-0.2, -0.15) is 9.40 Å². The van der Waals surface area contributed by atoms with Crippen molar-refractivity contribution in [3.63, 3.8) is 0 Å². The lowest BCUT2D eigenvalue weighted by atomic mass is 9.96. The van der Waals surface area contributed by atoms with Crippen LogP contribution in [0.25, 0.3) is 5.69 Å². The molecule has 3 aromatic rings. The van der Waals surface area contributed by atoms with E-state index in [1.54, 1.807) is 28.6 Å². The predicted octanol–water partition coefficient (Wildman–Crippen LogP) is 2.77. The Morgan fingerprint density at radius 3 is 2.31 bits per heavy atom. The number of aromatic nitrogens is 3. The molecule has 2 saturated heterocycles. The molecule has 1 unspecified atom stereocenters. The minimum Gasteiger partial charge on any atom is -0.338 e. The molecule has 1 atom stereocenters. The molecule has 3 heterocycles. The van der Waals surface area contributed by atoms with Gasteiger partial charge < -0.3 is 4.90 Å². The summed E-state index contributed by atoms with van der Waals surface area (Å²) in [5.74, 6) is 0.413. The van der Waals surface area contributed by atoms with E-state index >= 15 is 0 Å². The molecule has 2 aliphatic rings. The summed E-state index contributed by atoms with van der Waals surface area (Å²) >= 11 is 0. The Morgan fingerprint density at radius 1 is 0.917 bits per heavy atom. The minimum atomic E-state index is -3.54. The van der Waals surface area contributed by atoms with Gasteiger partial charge in [-0.3, -0.25) is 4.79 Å². The number of aryl methyl sites for hydroxylation is 1. The first-order chi connectivity index (χ1) is 17.4. The van der Waals surface area contributed by atoms with E-state index in [0.717, 1.165) is 37.8 Å². The van der Waals surface area contributed by atoms with Gasteiger partial charge in [0.15, 0.2) is 0 Å². The van der Waals surface area contributed by atoms with E-state index in [1.807, 2.05) is 30.3 Å². The van der Waals surface area contributed by atoms with Gasteiger partial charge in [-0.05, 0) is 62.1 Å². The largest absolute Gasteiger partial charge is 0.350 e. The second-order valence-corrected chi connectivity index (χ2v) is 11.5. The molecule has 1 aromatic heterocycles. The number of benzene rings is 2. The van der Waals surface area contributed by atoms with Gasteiger partial charge in [0, 0.05) is 44.7 Å².